The number of pyridine rings is 1. The van der Waals surface area contributed by atoms with Gasteiger partial charge in [0, 0.05) is 58.2 Å². The second-order valence-electron chi connectivity index (χ2n) is 13.5. The van der Waals surface area contributed by atoms with Gasteiger partial charge in [-0.3, -0.25) is 0 Å². The number of hydrogen-bond acceptors (Lipinski definition) is 3. The van der Waals surface area contributed by atoms with Gasteiger partial charge in [0.15, 0.2) is 0 Å². The quantitative estimate of drug-likeness (QED) is 0.173. The van der Waals surface area contributed by atoms with Crippen LogP contribution >= 0.6 is 11.3 Å². The summed E-state index contributed by atoms with van der Waals surface area (Å²) in [6.45, 7) is 0. The van der Waals surface area contributed by atoms with Gasteiger partial charge in [0.25, 0.3) is 0 Å². The fourth-order valence-corrected chi connectivity index (χ4v) is 9.16. The molecule has 0 unspecified atom stereocenters. The standard InChI is InChI=1S/C49H29NOS/c1-2-10-33(11-3-1)46-47-38-13-4-7-15-41(38)50-49(40(47)29-43-48(46)39-14-5-8-16-42(39)51-43)34-24-22-31(23-25-34)30-18-20-32(21-19-30)35-26-27-37-36-12-6-9-17-44(36)52-45(37)28-35/h1-29H. The van der Waals surface area contributed by atoms with E-state index in [2.05, 4.69) is 170 Å². The van der Waals surface area contributed by atoms with E-state index < -0.39 is 0 Å². The van der Waals surface area contributed by atoms with E-state index in [0.717, 1.165) is 55.0 Å². The summed E-state index contributed by atoms with van der Waals surface area (Å²) in [5.41, 5.74) is 11.9. The molecule has 2 nitrogen and oxygen atoms in total. The summed E-state index contributed by atoms with van der Waals surface area (Å²) < 4.78 is 9.21. The van der Waals surface area contributed by atoms with Gasteiger partial charge >= 0.3 is 0 Å². The largest absolute Gasteiger partial charge is 0.456 e. The Morgan fingerprint density at radius 2 is 0.962 bits per heavy atom. The number of benzene rings is 8. The number of fused-ring (bicyclic) bond motifs is 9. The Labute approximate surface area is 303 Å². The second-order valence-corrected chi connectivity index (χ2v) is 14.5. The van der Waals surface area contributed by atoms with Gasteiger partial charge in [-0.15, -0.1) is 11.3 Å². The maximum absolute atomic E-state index is 6.55. The minimum atomic E-state index is 0.870. The average molecular weight is 680 g/mol. The molecular weight excluding hydrogens is 651 g/mol. The predicted molar refractivity (Wildman–Crippen MR) is 221 cm³/mol. The lowest BCUT2D eigenvalue weighted by atomic mass is 9.89. The molecule has 3 heteroatoms. The van der Waals surface area contributed by atoms with Crippen molar-refractivity contribution in [3.63, 3.8) is 0 Å². The molecule has 0 aliphatic rings. The van der Waals surface area contributed by atoms with Crippen molar-refractivity contribution in [2.24, 2.45) is 0 Å². The Morgan fingerprint density at radius 1 is 0.365 bits per heavy atom. The number of para-hydroxylation sites is 2. The van der Waals surface area contributed by atoms with Crippen LogP contribution in [0.1, 0.15) is 0 Å². The molecule has 0 N–H and O–H groups in total. The molecule has 0 saturated carbocycles. The summed E-state index contributed by atoms with van der Waals surface area (Å²) in [6, 6.07) is 63.0. The lowest BCUT2D eigenvalue weighted by molar-refractivity contribution is 0.669. The number of nitrogens with zero attached hydrogens (tertiary/aromatic N) is 1. The fraction of sp³-hybridized carbons (Fsp3) is 0. The van der Waals surface area contributed by atoms with E-state index in [0.29, 0.717) is 0 Å². The topological polar surface area (TPSA) is 26.0 Å². The maximum atomic E-state index is 6.55. The van der Waals surface area contributed by atoms with Gasteiger partial charge < -0.3 is 4.42 Å². The third kappa shape index (κ3) is 4.53. The zero-order valence-electron chi connectivity index (χ0n) is 28.0. The number of hydrogen-bond donors (Lipinski definition) is 0. The van der Waals surface area contributed by atoms with E-state index in [1.165, 1.54) is 53.4 Å². The third-order valence-corrected chi connectivity index (χ3v) is 11.6. The smallest absolute Gasteiger partial charge is 0.136 e. The van der Waals surface area contributed by atoms with Crippen LogP contribution < -0.4 is 0 Å². The van der Waals surface area contributed by atoms with Crippen molar-refractivity contribution in [2.45, 2.75) is 0 Å². The summed E-state index contributed by atoms with van der Waals surface area (Å²) in [5, 5.41) is 8.33. The molecular formula is C49H29NOS. The molecule has 52 heavy (non-hydrogen) atoms. The molecule has 0 atom stereocenters. The van der Waals surface area contributed by atoms with Crippen molar-refractivity contribution in [3.8, 4) is 44.6 Å². The molecule has 0 aliphatic heterocycles. The summed E-state index contributed by atoms with van der Waals surface area (Å²) in [6.07, 6.45) is 0. The van der Waals surface area contributed by atoms with Gasteiger partial charge in [0.2, 0.25) is 0 Å². The molecule has 11 rings (SSSR count). The Hall–Kier alpha value is -6.55. The minimum Gasteiger partial charge on any atom is -0.456 e. The Kier molecular flexibility index (Phi) is 6.46. The van der Waals surface area contributed by atoms with Crippen LogP contribution in [0.4, 0.5) is 0 Å². The van der Waals surface area contributed by atoms with Crippen LogP contribution in [0.3, 0.4) is 0 Å². The van der Waals surface area contributed by atoms with Crippen molar-refractivity contribution in [2.75, 3.05) is 0 Å². The van der Waals surface area contributed by atoms with E-state index in [1.54, 1.807) is 0 Å². The van der Waals surface area contributed by atoms with Crippen LogP contribution in [0, 0.1) is 0 Å². The molecule has 0 radical (unpaired) electrons. The number of thiophene rings is 1. The average Bonchev–Trinajstić information content (AvgIpc) is 3.78. The maximum Gasteiger partial charge on any atom is 0.136 e. The van der Waals surface area contributed by atoms with E-state index in [4.69, 9.17) is 9.40 Å². The van der Waals surface area contributed by atoms with E-state index in [1.807, 2.05) is 17.4 Å². The van der Waals surface area contributed by atoms with Crippen molar-refractivity contribution in [1.82, 2.24) is 4.98 Å². The van der Waals surface area contributed by atoms with E-state index >= 15 is 0 Å². The lowest BCUT2D eigenvalue weighted by Gasteiger charge is -2.16. The fourth-order valence-electron chi connectivity index (χ4n) is 8.01. The first-order valence-corrected chi connectivity index (χ1v) is 18.4. The highest BCUT2D eigenvalue weighted by Crippen LogP contribution is 2.46. The van der Waals surface area contributed by atoms with Gasteiger partial charge in [-0.1, -0.05) is 146 Å². The summed E-state index contributed by atoms with van der Waals surface area (Å²) in [4.78, 5) is 5.31. The molecule has 0 spiro atoms. The van der Waals surface area contributed by atoms with Crippen molar-refractivity contribution >= 4 is 75.1 Å². The zero-order chi connectivity index (χ0) is 34.2. The molecule has 8 aromatic carbocycles. The normalized spacial score (nSPS) is 11.8. The van der Waals surface area contributed by atoms with Crippen LogP contribution in [0.2, 0.25) is 0 Å². The zero-order valence-corrected chi connectivity index (χ0v) is 28.8. The van der Waals surface area contributed by atoms with Crippen LogP contribution in [0.15, 0.2) is 180 Å². The van der Waals surface area contributed by atoms with Crippen LogP contribution in [-0.2, 0) is 0 Å². The number of aromatic nitrogens is 1. The molecule has 242 valence electrons. The Bertz CT molecular complexity index is 3150. The summed E-state index contributed by atoms with van der Waals surface area (Å²) >= 11 is 1.86. The molecule has 3 aromatic heterocycles. The van der Waals surface area contributed by atoms with Gasteiger partial charge in [0.05, 0.1) is 11.2 Å². The highest BCUT2D eigenvalue weighted by atomic mass is 32.1. The summed E-state index contributed by atoms with van der Waals surface area (Å²) in [5.74, 6) is 0. The molecule has 0 saturated heterocycles. The second kappa shape index (κ2) is 11.5. The predicted octanol–water partition coefficient (Wildman–Crippen LogP) is 14.3. The summed E-state index contributed by atoms with van der Waals surface area (Å²) in [7, 11) is 0. The van der Waals surface area contributed by atoms with E-state index in [9.17, 15) is 0 Å². The van der Waals surface area contributed by atoms with E-state index in [-0.39, 0.29) is 0 Å². The first kappa shape index (κ1) is 29.2. The van der Waals surface area contributed by atoms with Gasteiger partial charge in [-0.2, -0.15) is 0 Å². The molecule has 0 amide bonds. The monoisotopic (exact) mass is 679 g/mol. The SMILES string of the molecule is c1ccc(-c2c3c(cc4c(-c5ccc(-c6ccc(-c7ccc8c(c7)sc7ccccc78)cc6)cc5)nc5ccccc5c24)oc2ccccc23)cc1. The van der Waals surface area contributed by atoms with Gasteiger partial charge in [-0.05, 0) is 58.1 Å². The highest BCUT2D eigenvalue weighted by molar-refractivity contribution is 7.25. The molecule has 0 aliphatic carbocycles. The molecule has 11 aromatic rings. The van der Waals surface area contributed by atoms with Gasteiger partial charge in [-0.25, -0.2) is 4.98 Å². The minimum absolute atomic E-state index is 0.870. The Balaban J connectivity index is 1.03. The first-order valence-electron chi connectivity index (χ1n) is 17.6. The highest BCUT2D eigenvalue weighted by Gasteiger charge is 2.21. The number of rotatable bonds is 4. The molecule has 0 bridgehead atoms. The van der Waals surface area contributed by atoms with Crippen molar-refractivity contribution in [1.29, 1.82) is 0 Å². The molecule has 3 heterocycles. The number of furan rings is 1. The van der Waals surface area contributed by atoms with Crippen molar-refractivity contribution in [3.05, 3.63) is 176 Å². The van der Waals surface area contributed by atoms with Crippen LogP contribution in [0.25, 0.3) is 108 Å². The first-order chi connectivity index (χ1) is 25.8. The molecule has 0 fully saturated rings. The lowest BCUT2D eigenvalue weighted by Crippen LogP contribution is -1.93. The Morgan fingerprint density at radius 3 is 1.75 bits per heavy atom. The van der Waals surface area contributed by atoms with Crippen molar-refractivity contribution < 1.29 is 4.42 Å². The third-order valence-electron chi connectivity index (χ3n) is 10.5. The van der Waals surface area contributed by atoms with Crippen LogP contribution in [0.5, 0.6) is 0 Å². The van der Waals surface area contributed by atoms with Gasteiger partial charge in [0.1, 0.15) is 11.2 Å². The van der Waals surface area contributed by atoms with Crippen LogP contribution in [-0.4, -0.2) is 4.98 Å².